The molecule has 0 amide bonds. The minimum atomic E-state index is 0.281. The average molecular weight is 396 g/mol. The highest BCUT2D eigenvalue weighted by Crippen LogP contribution is 2.35. The number of pyridine rings is 1. The van der Waals surface area contributed by atoms with Crippen LogP contribution in [0.25, 0.3) is 0 Å². The Labute approximate surface area is 154 Å². The lowest BCUT2D eigenvalue weighted by atomic mass is 9.80. The number of ether oxygens (including phenoxy) is 1. The molecular formula is C19H30BrN3O. The lowest BCUT2D eigenvalue weighted by molar-refractivity contribution is 0.111. The highest BCUT2D eigenvalue weighted by Gasteiger charge is 2.25. The van der Waals surface area contributed by atoms with Gasteiger partial charge >= 0.3 is 0 Å². The second kappa shape index (κ2) is 8.84. The van der Waals surface area contributed by atoms with E-state index in [1.807, 2.05) is 31.3 Å². The minimum Gasteiger partial charge on any atom is -0.474 e. The first-order valence-corrected chi connectivity index (χ1v) is 9.78. The van der Waals surface area contributed by atoms with Crippen molar-refractivity contribution < 1.29 is 4.74 Å². The zero-order valence-electron chi connectivity index (χ0n) is 15.6. The first kappa shape index (κ1) is 19.2. The molecule has 1 aliphatic rings. The maximum absolute atomic E-state index is 6.18. The third-order valence-corrected chi connectivity index (χ3v) is 5.51. The van der Waals surface area contributed by atoms with Gasteiger partial charge in [0, 0.05) is 13.6 Å². The van der Waals surface area contributed by atoms with Crippen molar-refractivity contribution in [3.8, 4) is 5.88 Å². The van der Waals surface area contributed by atoms with Crippen LogP contribution in [0.3, 0.4) is 0 Å². The summed E-state index contributed by atoms with van der Waals surface area (Å²) >= 11 is 3.59. The molecule has 134 valence electrons. The zero-order valence-corrected chi connectivity index (χ0v) is 17.1. The summed E-state index contributed by atoms with van der Waals surface area (Å²) in [6.45, 7) is 9.65. The first-order valence-electron chi connectivity index (χ1n) is 8.98. The van der Waals surface area contributed by atoms with Crippen LogP contribution < -0.4 is 4.74 Å². The van der Waals surface area contributed by atoms with Crippen LogP contribution in [0.5, 0.6) is 5.88 Å². The third kappa shape index (κ3) is 5.20. The van der Waals surface area contributed by atoms with Crippen molar-refractivity contribution in [1.82, 2.24) is 9.88 Å². The van der Waals surface area contributed by atoms with Crippen LogP contribution in [0, 0.1) is 18.8 Å². The molecule has 0 aromatic carbocycles. The maximum Gasteiger partial charge on any atom is 0.228 e. The molecule has 1 saturated carbocycles. The van der Waals surface area contributed by atoms with Gasteiger partial charge in [-0.25, -0.2) is 9.98 Å². The van der Waals surface area contributed by atoms with Crippen LogP contribution >= 0.6 is 15.9 Å². The van der Waals surface area contributed by atoms with Gasteiger partial charge in [0.1, 0.15) is 6.10 Å². The Kier molecular flexibility index (Phi) is 7.08. The summed E-state index contributed by atoms with van der Waals surface area (Å²) in [4.78, 5) is 11.2. The largest absolute Gasteiger partial charge is 0.474 e. The summed E-state index contributed by atoms with van der Waals surface area (Å²) in [5.41, 5.74) is 1.77. The number of hydrogen-bond acceptors (Lipinski definition) is 3. The number of aryl methyl sites for hydroxylation is 1. The molecule has 2 rings (SSSR count). The van der Waals surface area contributed by atoms with Crippen LogP contribution in [0.1, 0.15) is 52.1 Å². The van der Waals surface area contributed by atoms with Crippen molar-refractivity contribution in [1.29, 1.82) is 0 Å². The predicted octanol–water partition coefficient (Wildman–Crippen LogP) is 5.36. The molecule has 0 N–H and O–H groups in total. The van der Waals surface area contributed by atoms with Crippen molar-refractivity contribution in [2.45, 2.75) is 59.5 Å². The molecule has 0 radical (unpaired) electrons. The van der Waals surface area contributed by atoms with E-state index < -0.39 is 0 Å². The number of aliphatic imine (C=N–C) groups is 1. The molecule has 0 bridgehead atoms. The second-order valence-electron chi connectivity index (χ2n) is 7.10. The molecule has 24 heavy (non-hydrogen) atoms. The summed E-state index contributed by atoms with van der Waals surface area (Å²) in [6, 6.07) is 2.00. The molecule has 1 aliphatic carbocycles. The van der Waals surface area contributed by atoms with Gasteiger partial charge in [-0.05, 0) is 73.4 Å². The van der Waals surface area contributed by atoms with Gasteiger partial charge in [0.25, 0.3) is 0 Å². The van der Waals surface area contributed by atoms with Crippen LogP contribution in [0.2, 0.25) is 0 Å². The number of rotatable bonds is 6. The molecule has 1 aromatic rings. The third-order valence-electron chi connectivity index (χ3n) is 4.94. The Hall–Kier alpha value is -1.10. The Morgan fingerprint density at radius 2 is 2.04 bits per heavy atom. The first-order chi connectivity index (χ1) is 11.4. The van der Waals surface area contributed by atoms with Crippen molar-refractivity contribution in [2.24, 2.45) is 16.8 Å². The van der Waals surface area contributed by atoms with Crippen molar-refractivity contribution >= 4 is 28.0 Å². The van der Waals surface area contributed by atoms with Crippen LogP contribution in [-0.2, 0) is 0 Å². The van der Waals surface area contributed by atoms with E-state index in [4.69, 9.17) is 4.74 Å². The van der Waals surface area contributed by atoms with E-state index in [0.717, 1.165) is 47.1 Å². The minimum absolute atomic E-state index is 0.281. The van der Waals surface area contributed by atoms with Crippen molar-refractivity contribution in [3.05, 3.63) is 16.2 Å². The summed E-state index contributed by atoms with van der Waals surface area (Å²) in [5.74, 6) is 2.31. The molecule has 1 fully saturated rings. The van der Waals surface area contributed by atoms with Gasteiger partial charge < -0.3 is 9.64 Å². The fourth-order valence-electron chi connectivity index (χ4n) is 3.04. The second-order valence-corrected chi connectivity index (χ2v) is 7.95. The number of halogens is 1. The SMILES string of the molecule is CCN(C)/C=N\c1cc(Br)c(O[C@H]2CC[C@H](C(C)C)CC2)nc1C. The quantitative estimate of drug-likeness (QED) is 0.480. The van der Waals surface area contributed by atoms with E-state index in [2.05, 4.69) is 46.7 Å². The fourth-order valence-corrected chi connectivity index (χ4v) is 3.43. The summed E-state index contributed by atoms with van der Waals surface area (Å²) < 4.78 is 7.06. The van der Waals surface area contributed by atoms with E-state index in [1.165, 1.54) is 12.8 Å². The smallest absolute Gasteiger partial charge is 0.228 e. The molecule has 5 heteroatoms. The van der Waals surface area contributed by atoms with Gasteiger partial charge in [-0.2, -0.15) is 0 Å². The highest BCUT2D eigenvalue weighted by atomic mass is 79.9. The van der Waals surface area contributed by atoms with Gasteiger partial charge in [-0.1, -0.05) is 13.8 Å². The van der Waals surface area contributed by atoms with Crippen molar-refractivity contribution in [3.63, 3.8) is 0 Å². The standard InChI is InChI=1S/C19H30BrN3O/c1-6-23(5)12-21-18-11-17(20)19(22-14(18)4)24-16-9-7-15(8-10-16)13(2)3/h11-13,15-16H,6-10H2,1-5H3/b21-12-/t15-,16-. The summed E-state index contributed by atoms with van der Waals surface area (Å²) in [5, 5.41) is 0. The Morgan fingerprint density at radius 3 is 2.62 bits per heavy atom. The predicted molar refractivity (Wildman–Crippen MR) is 104 cm³/mol. The lowest BCUT2D eigenvalue weighted by Crippen LogP contribution is -2.26. The van der Waals surface area contributed by atoms with Crippen LogP contribution in [0.4, 0.5) is 5.69 Å². The Bertz CT molecular complexity index is 566. The number of aromatic nitrogens is 1. The number of hydrogen-bond donors (Lipinski definition) is 0. The van der Waals surface area contributed by atoms with Gasteiger partial charge in [-0.15, -0.1) is 0 Å². The normalized spacial score (nSPS) is 21.5. The molecule has 1 aromatic heterocycles. The Balaban J connectivity index is 2.02. The molecular weight excluding hydrogens is 366 g/mol. The maximum atomic E-state index is 6.18. The van der Waals surface area contributed by atoms with E-state index in [9.17, 15) is 0 Å². The molecule has 4 nitrogen and oxygen atoms in total. The molecule has 0 atom stereocenters. The van der Waals surface area contributed by atoms with Gasteiger partial charge in [0.15, 0.2) is 0 Å². The van der Waals surface area contributed by atoms with E-state index >= 15 is 0 Å². The molecule has 0 saturated heterocycles. The Morgan fingerprint density at radius 1 is 1.38 bits per heavy atom. The van der Waals surface area contributed by atoms with Gasteiger partial charge in [0.2, 0.25) is 5.88 Å². The van der Waals surface area contributed by atoms with Gasteiger partial charge in [-0.3, -0.25) is 0 Å². The molecule has 0 spiro atoms. The van der Waals surface area contributed by atoms with E-state index in [0.29, 0.717) is 5.88 Å². The average Bonchev–Trinajstić information content (AvgIpc) is 2.56. The fraction of sp³-hybridized carbons (Fsp3) is 0.684. The molecule has 0 unspecified atom stereocenters. The van der Waals surface area contributed by atoms with E-state index in [-0.39, 0.29) is 6.10 Å². The summed E-state index contributed by atoms with van der Waals surface area (Å²) in [6.07, 6.45) is 6.87. The van der Waals surface area contributed by atoms with Gasteiger partial charge in [0.05, 0.1) is 22.2 Å². The molecule has 1 heterocycles. The lowest BCUT2D eigenvalue weighted by Gasteiger charge is -2.31. The van der Waals surface area contributed by atoms with Crippen LogP contribution in [-0.4, -0.2) is 35.9 Å². The number of nitrogens with zero attached hydrogens (tertiary/aromatic N) is 3. The highest BCUT2D eigenvalue weighted by molar-refractivity contribution is 9.10. The van der Waals surface area contributed by atoms with E-state index in [1.54, 1.807) is 0 Å². The molecule has 0 aliphatic heterocycles. The van der Waals surface area contributed by atoms with Crippen LogP contribution in [0.15, 0.2) is 15.5 Å². The van der Waals surface area contributed by atoms with Crippen molar-refractivity contribution in [2.75, 3.05) is 13.6 Å². The monoisotopic (exact) mass is 395 g/mol. The summed E-state index contributed by atoms with van der Waals surface area (Å²) in [7, 11) is 2.01. The topological polar surface area (TPSA) is 37.7 Å². The zero-order chi connectivity index (χ0) is 17.7.